The van der Waals surface area contributed by atoms with Crippen molar-refractivity contribution in [3.05, 3.63) is 41.6 Å². The van der Waals surface area contributed by atoms with Gasteiger partial charge in [0.25, 0.3) is 0 Å². The van der Waals surface area contributed by atoms with E-state index in [2.05, 4.69) is 11.2 Å². The van der Waals surface area contributed by atoms with Crippen LogP contribution < -0.4 is 10.5 Å². The van der Waals surface area contributed by atoms with Crippen LogP contribution in [-0.2, 0) is 13.6 Å². The molecule has 1 heterocycles. The Morgan fingerprint density at radius 2 is 2.16 bits per heavy atom. The van der Waals surface area contributed by atoms with Crippen LogP contribution in [0.25, 0.3) is 0 Å². The van der Waals surface area contributed by atoms with Gasteiger partial charge in [-0.15, -0.1) is 11.8 Å². The Morgan fingerprint density at radius 3 is 2.84 bits per heavy atom. The van der Waals surface area contributed by atoms with Crippen LogP contribution in [0.2, 0.25) is 0 Å². The average molecular weight is 277 g/mol. The molecule has 0 unspecified atom stereocenters. The molecule has 0 aliphatic carbocycles. The Balaban J connectivity index is 1.82. The number of nitrogens with two attached hydrogens (primary N) is 1. The van der Waals surface area contributed by atoms with Crippen molar-refractivity contribution < 1.29 is 4.74 Å². The summed E-state index contributed by atoms with van der Waals surface area (Å²) in [6.45, 7) is 3.16. The normalized spacial score (nSPS) is 10.7. The molecule has 19 heavy (non-hydrogen) atoms. The summed E-state index contributed by atoms with van der Waals surface area (Å²) in [5.41, 5.74) is 7.76. The van der Waals surface area contributed by atoms with E-state index in [0.29, 0.717) is 13.2 Å². The molecule has 0 amide bonds. The molecule has 2 N–H and O–H groups in total. The Morgan fingerprint density at radius 1 is 1.37 bits per heavy atom. The highest BCUT2D eigenvalue weighted by Crippen LogP contribution is 2.20. The van der Waals surface area contributed by atoms with Gasteiger partial charge in [0.2, 0.25) is 0 Å². The van der Waals surface area contributed by atoms with Gasteiger partial charge in [0.05, 0.1) is 17.3 Å². The quantitative estimate of drug-likeness (QED) is 0.650. The lowest BCUT2D eigenvalue weighted by molar-refractivity contribution is 0.340. The molecule has 0 spiro atoms. The lowest BCUT2D eigenvalue weighted by Crippen LogP contribution is -2.05. The van der Waals surface area contributed by atoms with Crippen molar-refractivity contribution in [3.63, 3.8) is 0 Å². The van der Waals surface area contributed by atoms with Crippen molar-refractivity contribution in [2.75, 3.05) is 12.4 Å². The highest BCUT2D eigenvalue weighted by atomic mass is 32.2. The second-order valence-corrected chi connectivity index (χ2v) is 5.37. The molecule has 2 rings (SSSR count). The van der Waals surface area contributed by atoms with E-state index in [1.54, 1.807) is 11.8 Å². The largest absolute Gasteiger partial charge is 0.492 e. The topological polar surface area (TPSA) is 53.1 Å². The van der Waals surface area contributed by atoms with Crippen LogP contribution in [0, 0.1) is 6.92 Å². The summed E-state index contributed by atoms with van der Waals surface area (Å²) in [5.74, 6) is 1.77. The number of nitrogens with zero attached hydrogens (tertiary/aromatic N) is 2. The maximum atomic E-state index is 5.77. The molecule has 5 heteroatoms. The second kappa shape index (κ2) is 6.63. The van der Waals surface area contributed by atoms with Crippen molar-refractivity contribution in [2.24, 2.45) is 12.8 Å². The number of para-hydroxylation sites is 1. The summed E-state index contributed by atoms with van der Waals surface area (Å²) >= 11 is 1.74. The van der Waals surface area contributed by atoms with E-state index in [9.17, 15) is 0 Å². The third-order valence-corrected chi connectivity index (χ3v) is 3.79. The molecule has 0 aliphatic heterocycles. The molecule has 1 aromatic carbocycles. The maximum absolute atomic E-state index is 5.77. The molecule has 1 aromatic heterocycles. The fourth-order valence-corrected chi connectivity index (χ4v) is 2.69. The third-order valence-electron chi connectivity index (χ3n) is 2.74. The Bertz CT molecular complexity index is 539. The minimum atomic E-state index is 0.504. The van der Waals surface area contributed by atoms with Gasteiger partial charge >= 0.3 is 0 Å². The van der Waals surface area contributed by atoms with E-state index in [0.717, 1.165) is 27.8 Å². The van der Waals surface area contributed by atoms with E-state index < -0.39 is 0 Å². The number of rotatable bonds is 6. The summed E-state index contributed by atoms with van der Waals surface area (Å²) in [6, 6.07) is 9.97. The van der Waals surface area contributed by atoms with E-state index in [1.807, 2.05) is 42.9 Å². The Hall–Kier alpha value is -1.46. The van der Waals surface area contributed by atoms with Crippen LogP contribution >= 0.6 is 11.8 Å². The predicted octanol–water partition coefficient (Wildman–Crippen LogP) is 2.36. The molecule has 0 bridgehead atoms. The lowest BCUT2D eigenvalue weighted by Gasteiger charge is -2.09. The molecule has 2 aromatic rings. The minimum absolute atomic E-state index is 0.504. The highest BCUT2D eigenvalue weighted by Gasteiger charge is 2.04. The van der Waals surface area contributed by atoms with Crippen LogP contribution in [0.15, 0.2) is 35.4 Å². The van der Waals surface area contributed by atoms with Gasteiger partial charge in [-0.1, -0.05) is 18.2 Å². The van der Waals surface area contributed by atoms with Gasteiger partial charge in [0.1, 0.15) is 5.75 Å². The Kier molecular flexibility index (Phi) is 4.87. The van der Waals surface area contributed by atoms with Crippen molar-refractivity contribution in [3.8, 4) is 5.75 Å². The van der Waals surface area contributed by atoms with Crippen LogP contribution in [0.1, 0.15) is 11.3 Å². The summed E-state index contributed by atoms with van der Waals surface area (Å²) in [7, 11) is 1.96. The number of hydrogen-bond donors (Lipinski definition) is 1. The summed E-state index contributed by atoms with van der Waals surface area (Å²) in [6.07, 6.45) is 0. The minimum Gasteiger partial charge on any atom is -0.492 e. The zero-order chi connectivity index (χ0) is 13.7. The smallest absolute Gasteiger partial charge is 0.123 e. The Labute approximate surface area is 117 Å². The van der Waals surface area contributed by atoms with Crippen molar-refractivity contribution >= 4 is 11.8 Å². The van der Waals surface area contributed by atoms with Gasteiger partial charge in [0.15, 0.2) is 0 Å². The van der Waals surface area contributed by atoms with Gasteiger partial charge < -0.3 is 10.5 Å². The van der Waals surface area contributed by atoms with E-state index in [1.165, 1.54) is 0 Å². The van der Waals surface area contributed by atoms with Crippen LogP contribution in [0.4, 0.5) is 0 Å². The number of thioether (sulfide) groups is 1. The first-order valence-corrected chi connectivity index (χ1v) is 7.23. The van der Waals surface area contributed by atoms with Crippen LogP contribution in [0.5, 0.6) is 5.75 Å². The monoisotopic (exact) mass is 277 g/mol. The number of aryl methyl sites for hydroxylation is 2. The molecule has 4 nitrogen and oxygen atoms in total. The summed E-state index contributed by atoms with van der Waals surface area (Å²) in [5, 5.41) is 5.47. The van der Waals surface area contributed by atoms with Gasteiger partial charge in [0, 0.05) is 24.9 Å². The molecular formula is C14H19N3OS. The second-order valence-electron chi connectivity index (χ2n) is 4.26. The number of ether oxygens (including phenoxy) is 1. The third kappa shape index (κ3) is 3.75. The molecule has 0 radical (unpaired) electrons. The van der Waals surface area contributed by atoms with Crippen LogP contribution in [0.3, 0.4) is 0 Å². The first kappa shape index (κ1) is 14.0. The van der Waals surface area contributed by atoms with Crippen molar-refractivity contribution in [1.29, 1.82) is 0 Å². The van der Waals surface area contributed by atoms with E-state index >= 15 is 0 Å². The SMILES string of the molecule is Cc1cc(SCCOc2ccccc2CN)n(C)n1. The van der Waals surface area contributed by atoms with Gasteiger partial charge in [-0.25, -0.2) is 0 Å². The molecule has 0 aliphatic rings. The average Bonchev–Trinajstić information content (AvgIpc) is 2.73. The maximum Gasteiger partial charge on any atom is 0.123 e. The van der Waals surface area contributed by atoms with E-state index in [4.69, 9.17) is 10.5 Å². The van der Waals surface area contributed by atoms with Crippen molar-refractivity contribution in [2.45, 2.75) is 18.5 Å². The molecule has 0 atom stereocenters. The molecular weight excluding hydrogens is 258 g/mol. The zero-order valence-corrected chi connectivity index (χ0v) is 12.1. The lowest BCUT2D eigenvalue weighted by atomic mass is 10.2. The molecule has 0 fully saturated rings. The number of aromatic nitrogens is 2. The molecule has 0 saturated heterocycles. The summed E-state index contributed by atoms with van der Waals surface area (Å²) < 4.78 is 7.66. The number of hydrogen-bond acceptors (Lipinski definition) is 4. The number of benzene rings is 1. The van der Waals surface area contributed by atoms with Gasteiger partial charge in [-0.3, -0.25) is 4.68 Å². The first-order chi connectivity index (χ1) is 9.20. The zero-order valence-electron chi connectivity index (χ0n) is 11.3. The van der Waals surface area contributed by atoms with Gasteiger partial charge in [-0.2, -0.15) is 5.10 Å². The van der Waals surface area contributed by atoms with E-state index in [-0.39, 0.29) is 0 Å². The fraction of sp³-hybridized carbons (Fsp3) is 0.357. The predicted molar refractivity (Wildman–Crippen MR) is 78.5 cm³/mol. The standard InChI is InChI=1S/C14H19N3OS/c1-11-9-14(17(2)16-11)19-8-7-18-13-6-4-3-5-12(13)10-15/h3-6,9H,7-8,10,15H2,1-2H3. The van der Waals surface area contributed by atoms with Crippen LogP contribution in [-0.4, -0.2) is 22.1 Å². The first-order valence-electron chi connectivity index (χ1n) is 6.25. The fourth-order valence-electron chi connectivity index (χ4n) is 1.83. The molecule has 102 valence electrons. The van der Waals surface area contributed by atoms with Gasteiger partial charge in [-0.05, 0) is 19.1 Å². The highest BCUT2D eigenvalue weighted by molar-refractivity contribution is 7.99. The molecule has 0 saturated carbocycles. The summed E-state index contributed by atoms with van der Waals surface area (Å²) in [4.78, 5) is 0. The van der Waals surface area contributed by atoms with Crippen molar-refractivity contribution in [1.82, 2.24) is 9.78 Å².